The zero-order valence-corrected chi connectivity index (χ0v) is 20.0. The van der Waals surface area contributed by atoms with E-state index in [4.69, 9.17) is 11.5 Å². The summed E-state index contributed by atoms with van der Waals surface area (Å²) in [6, 6.07) is -4.21. The highest BCUT2D eigenvalue weighted by Crippen LogP contribution is 2.20. The number of likely N-dealkylation sites (tertiary alicyclic amines) is 2. The van der Waals surface area contributed by atoms with E-state index < -0.39 is 53.9 Å². The quantitative estimate of drug-likeness (QED) is 0.220. The van der Waals surface area contributed by atoms with Crippen molar-refractivity contribution in [2.45, 2.75) is 89.0 Å². The Morgan fingerprint density at radius 2 is 1.53 bits per heavy atom. The molecule has 2 saturated heterocycles. The number of hydrogen-bond acceptors (Lipinski definition) is 7. The summed E-state index contributed by atoms with van der Waals surface area (Å²) in [6.45, 7) is 4.23. The highest BCUT2D eigenvalue weighted by Gasteiger charge is 2.38. The van der Waals surface area contributed by atoms with Crippen LogP contribution in [0.2, 0.25) is 0 Å². The van der Waals surface area contributed by atoms with Gasteiger partial charge >= 0.3 is 5.97 Å². The maximum absolute atomic E-state index is 13.0. The van der Waals surface area contributed by atoms with Gasteiger partial charge in [-0.25, -0.2) is 4.79 Å². The van der Waals surface area contributed by atoms with Gasteiger partial charge in [0.1, 0.15) is 24.2 Å². The summed E-state index contributed by atoms with van der Waals surface area (Å²) in [5, 5.41) is 14.7. The van der Waals surface area contributed by atoms with E-state index in [1.165, 1.54) is 16.7 Å². The number of carbonyl (C=O) groups is 5. The van der Waals surface area contributed by atoms with Gasteiger partial charge in [-0.05, 0) is 65.3 Å². The van der Waals surface area contributed by atoms with Crippen molar-refractivity contribution in [1.29, 1.82) is 0 Å². The molecular formula is C22H38N6O6. The Kier molecular flexibility index (Phi) is 10.2. The van der Waals surface area contributed by atoms with Crippen LogP contribution in [-0.4, -0.2) is 94.3 Å². The van der Waals surface area contributed by atoms with E-state index in [2.05, 4.69) is 10.6 Å². The molecule has 0 unspecified atom stereocenters. The lowest BCUT2D eigenvalue weighted by Gasteiger charge is -2.29. The molecule has 34 heavy (non-hydrogen) atoms. The number of hydrogen-bond donors (Lipinski definition) is 5. The van der Waals surface area contributed by atoms with Crippen LogP contribution in [0.15, 0.2) is 0 Å². The maximum Gasteiger partial charge on any atom is 0.326 e. The van der Waals surface area contributed by atoms with Crippen molar-refractivity contribution in [1.82, 2.24) is 20.4 Å². The van der Waals surface area contributed by atoms with Gasteiger partial charge in [-0.2, -0.15) is 0 Å². The Morgan fingerprint density at radius 3 is 2.09 bits per heavy atom. The normalized spacial score (nSPS) is 22.7. The average molecular weight is 483 g/mol. The lowest BCUT2D eigenvalue weighted by molar-refractivity contribution is -0.149. The summed E-state index contributed by atoms with van der Waals surface area (Å²) < 4.78 is 0. The Balaban J connectivity index is 2.05. The number of rotatable bonds is 11. The van der Waals surface area contributed by atoms with Crippen LogP contribution in [-0.2, 0) is 24.0 Å². The first-order valence-electron chi connectivity index (χ1n) is 12.0. The highest BCUT2D eigenvalue weighted by molar-refractivity contribution is 5.95. The minimum Gasteiger partial charge on any atom is -0.480 e. The van der Waals surface area contributed by atoms with Gasteiger partial charge in [-0.15, -0.1) is 0 Å². The molecule has 0 aromatic carbocycles. The largest absolute Gasteiger partial charge is 0.480 e. The second-order valence-corrected chi connectivity index (χ2v) is 9.08. The predicted octanol–water partition coefficient (Wildman–Crippen LogP) is -1.48. The standard InChI is InChI=1S/C22H38N6O6/c1-13(24)20(31)27-11-5-8-16(27)19(30)26-15(7-3-4-10-23)18(29)25-14(2)21(32)28-12-6-9-17(28)22(33)34/h13-17H,3-12,23-24H2,1-2H3,(H,25,29)(H,26,30)(H,33,34)/t13-,14-,15-,16-,17-/m0/s1. The van der Waals surface area contributed by atoms with Gasteiger partial charge < -0.3 is 37.0 Å². The van der Waals surface area contributed by atoms with Crippen molar-refractivity contribution in [3.8, 4) is 0 Å². The Bertz CT molecular complexity index is 775. The van der Waals surface area contributed by atoms with Crippen LogP contribution >= 0.6 is 0 Å². The van der Waals surface area contributed by atoms with Crippen LogP contribution in [0.1, 0.15) is 58.8 Å². The molecule has 0 spiro atoms. The Morgan fingerprint density at radius 1 is 0.941 bits per heavy atom. The predicted molar refractivity (Wildman–Crippen MR) is 123 cm³/mol. The van der Waals surface area contributed by atoms with Crippen molar-refractivity contribution >= 4 is 29.6 Å². The lowest BCUT2D eigenvalue weighted by atomic mass is 10.1. The SMILES string of the molecule is C[C@H](N)C(=O)N1CCC[C@H]1C(=O)N[C@@H](CCCCN)C(=O)N[C@@H](C)C(=O)N1CCC[C@H]1C(=O)O. The molecule has 0 radical (unpaired) electrons. The van der Waals surface area contributed by atoms with Crippen LogP contribution in [0.3, 0.4) is 0 Å². The van der Waals surface area contributed by atoms with E-state index in [0.717, 1.165) is 0 Å². The van der Waals surface area contributed by atoms with Gasteiger partial charge in [-0.1, -0.05) is 0 Å². The molecule has 12 nitrogen and oxygen atoms in total. The number of carboxylic acid groups (broad SMARTS) is 1. The Labute approximate surface area is 199 Å². The second kappa shape index (κ2) is 12.7. The van der Waals surface area contributed by atoms with E-state index in [9.17, 15) is 29.1 Å². The van der Waals surface area contributed by atoms with E-state index >= 15 is 0 Å². The molecule has 0 saturated carbocycles. The van der Waals surface area contributed by atoms with Crippen LogP contribution in [0, 0.1) is 0 Å². The molecule has 2 heterocycles. The summed E-state index contributed by atoms with van der Waals surface area (Å²) in [5.74, 6) is -2.85. The topological polar surface area (TPSA) is 188 Å². The molecule has 0 aromatic heterocycles. The molecule has 192 valence electrons. The zero-order valence-electron chi connectivity index (χ0n) is 20.0. The summed E-state index contributed by atoms with van der Waals surface area (Å²) in [6.07, 6.45) is 3.63. The summed E-state index contributed by atoms with van der Waals surface area (Å²) in [4.78, 5) is 65.3. The van der Waals surface area contributed by atoms with Crippen molar-refractivity contribution in [3.05, 3.63) is 0 Å². The van der Waals surface area contributed by atoms with Gasteiger partial charge in [0.05, 0.1) is 6.04 Å². The van der Waals surface area contributed by atoms with E-state index in [1.807, 2.05) is 0 Å². The van der Waals surface area contributed by atoms with Crippen LogP contribution in [0.25, 0.3) is 0 Å². The molecular weight excluding hydrogens is 444 g/mol. The first-order chi connectivity index (χ1) is 16.1. The molecule has 2 aliphatic heterocycles. The fourth-order valence-corrected chi connectivity index (χ4v) is 4.51. The fraction of sp³-hybridized carbons (Fsp3) is 0.773. The van der Waals surface area contributed by atoms with E-state index in [0.29, 0.717) is 64.6 Å². The third kappa shape index (κ3) is 6.89. The average Bonchev–Trinajstić information content (AvgIpc) is 3.47. The summed E-state index contributed by atoms with van der Waals surface area (Å²) in [5.41, 5.74) is 11.3. The van der Waals surface area contributed by atoms with Crippen molar-refractivity contribution in [3.63, 3.8) is 0 Å². The molecule has 4 amide bonds. The van der Waals surface area contributed by atoms with Gasteiger partial charge in [0.15, 0.2) is 0 Å². The summed E-state index contributed by atoms with van der Waals surface area (Å²) >= 11 is 0. The number of nitrogens with zero attached hydrogens (tertiary/aromatic N) is 2. The number of amides is 4. The zero-order chi connectivity index (χ0) is 25.4. The lowest BCUT2D eigenvalue weighted by Crippen LogP contribution is -2.57. The number of carbonyl (C=O) groups excluding carboxylic acids is 4. The number of unbranched alkanes of at least 4 members (excludes halogenated alkanes) is 1. The smallest absolute Gasteiger partial charge is 0.326 e. The maximum atomic E-state index is 13.0. The Hall–Kier alpha value is -2.73. The van der Waals surface area contributed by atoms with Gasteiger partial charge in [0.25, 0.3) is 0 Å². The molecule has 7 N–H and O–H groups in total. The molecule has 2 aliphatic rings. The van der Waals surface area contributed by atoms with Crippen molar-refractivity contribution < 1.29 is 29.1 Å². The van der Waals surface area contributed by atoms with Gasteiger partial charge in [-0.3, -0.25) is 19.2 Å². The van der Waals surface area contributed by atoms with E-state index in [1.54, 1.807) is 6.92 Å². The minimum absolute atomic E-state index is 0.311. The van der Waals surface area contributed by atoms with E-state index in [-0.39, 0.29) is 5.91 Å². The first kappa shape index (κ1) is 27.5. The number of carboxylic acids is 1. The third-order valence-electron chi connectivity index (χ3n) is 6.36. The molecule has 2 rings (SSSR count). The number of aliphatic carboxylic acids is 1. The van der Waals surface area contributed by atoms with Crippen molar-refractivity contribution in [2.75, 3.05) is 19.6 Å². The van der Waals surface area contributed by atoms with Crippen LogP contribution in [0.4, 0.5) is 0 Å². The fourth-order valence-electron chi connectivity index (χ4n) is 4.51. The minimum atomic E-state index is -1.07. The number of nitrogens with two attached hydrogens (primary N) is 2. The van der Waals surface area contributed by atoms with Crippen LogP contribution < -0.4 is 22.1 Å². The third-order valence-corrected chi connectivity index (χ3v) is 6.36. The molecule has 5 atom stereocenters. The van der Waals surface area contributed by atoms with Gasteiger partial charge in [0.2, 0.25) is 23.6 Å². The highest BCUT2D eigenvalue weighted by atomic mass is 16.4. The molecule has 0 bridgehead atoms. The molecule has 2 fully saturated rings. The summed E-state index contributed by atoms with van der Waals surface area (Å²) in [7, 11) is 0. The monoisotopic (exact) mass is 482 g/mol. The second-order valence-electron chi connectivity index (χ2n) is 9.08. The van der Waals surface area contributed by atoms with Crippen LogP contribution in [0.5, 0.6) is 0 Å². The molecule has 12 heteroatoms. The molecule has 0 aliphatic carbocycles. The molecule has 0 aromatic rings. The van der Waals surface area contributed by atoms with Crippen molar-refractivity contribution in [2.24, 2.45) is 11.5 Å². The van der Waals surface area contributed by atoms with Gasteiger partial charge in [0, 0.05) is 13.1 Å². The number of nitrogens with one attached hydrogen (secondary N) is 2. The first-order valence-corrected chi connectivity index (χ1v) is 12.0.